The van der Waals surface area contributed by atoms with E-state index in [1.165, 1.54) is 16.3 Å². The van der Waals surface area contributed by atoms with Crippen LogP contribution in [0.3, 0.4) is 0 Å². The fourth-order valence-corrected chi connectivity index (χ4v) is 4.47. The molecule has 10 heteroatoms. The van der Waals surface area contributed by atoms with E-state index < -0.39 is 36.7 Å². The highest BCUT2D eigenvalue weighted by Crippen LogP contribution is 2.18. The van der Waals surface area contributed by atoms with Crippen LogP contribution in [0.15, 0.2) is 66.7 Å². The molecule has 1 amide bonds. The van der Waals surface area contributed by atoms with Crippen LogP contribution in [0.1, 0.15) is 37.7 Å². The Morgan fingerprint density at radius 1 is 0.786 bits per heavy atom. The summed E-state index contributed by atoms with van der Waals surface area (Å²) >= 11 is 0. The maximum atomic E-state index is 12.9. The third kappa shape index (κ3) is 11.0. The van der Waals surface area contributed by atoms with Crippen LogP contribution in [0.25, 0.3) is 10.8 Å². The summed E-state index contributed by atoms with van der Waals surface area (Å²) in [5, 5.41) is 27.0. The number of aryl methyl sites for hydroxylation is 1. The molecule has 0 spiro atoms. The van der Waals surface area contributed by atoms with E-state index in [1.54, 1.807) is 7.11 Å². The number of hydrogen-bond acceptors (Lipinski definition) is 7. The molecule has 0 bridgehead atoms. The van der Waals surface area contributed by atoms with Crippen molar-refractivity contribution >= 4 is 34.3 Å². The Hall–Kier alpha value is -4.15. The van der Waals surface area contributed by atoms with Gasteiger partial charge >= 0.3 is 11.9 Å². The van der Waals surface area contributed by atoms with Gasteiger partial charge in [-0.25, -0.2) is 9.59 Å². The molecule has 42 heavy (non-hydrogen) atoms. The van der Waals surface area contributed by atoms with Gasteiger partial charge in [0.15, 0.2) is 12.2 Å². The maximum Gasteiger partial charge on any atom is 0.336 e. The molecular formula is C32H40N2O8. The molecule has 0 aliphatic rings. The predicted molar refractivity (Wildman–Crippen MR) is 160 cm³/mol. The summed E-state index contributed by atoms with van der Waals surface area (Å²) in [6.07, 6.45) is 1.47. The number of rotatable bonds is 20. The number of anilines is 1. The lowest BCUT2D eigenvalue weighted by Crippen LogP contribution is -2.49. The van der Waals surface area contributed by atoms with Gasteiger partial charge < -0.3 is 35.1 Å². The largest absolute Gasteiger partial charge is 0.497 e. The number of carbonyl (C=O) groups is 3. The molecule has 3 aromatic carbocycles. The topological polar surface area (TPSA) is 143 Å². The number of ether oxygens (including phenoxy) is 3. The van der Waals surface area contributed by atoms with Crippen LogP contribution in [0.4, 0.5) is 5.69 Å². The fraction of sp³-hybridized carbons (Fsp3) is 0.406. The molecule has 226 valence electrons. The number of aliphatic carboxylic acids is 2. The third-order valence-electron chi connectivity index (χ3n) is 6.71. The van der Waals surface area contributed by atoms with Crippen molar-refractivity contribution < 1.29 is 38.8 Å². The summed E-state index contributed by atoms with van der Waals surface area (Å²) in [5.74, 6) is -2.68. The number of carboxylic acid groups (broad SMARTS) is 2. The van der Waals surface area contributed by atoms with Gasteiger partial charge in [0.25, 0.3) is 5.91 Å². The molecule has 0 aliphatic heterocycles. The molecular weight excluding hydrogens is 540 g/mol. The summed E-state index contributed by atoms with van der Waals surface area (Å²) in [6, 6.07) is 22.2. The highest BCUT2D eigenvalue weighted by Gasteiger charge is 2.36. The van der Waals surface area contributed by atoms with E-state index in [2.05, 4.69) is 41.0 Å². The maximum absolute atomic E-state index is 12.9. The minimum atomic E-state index is -1.74. The summed E-state index contributed by atoms with van der Waals surface area (Å²) < 4.78 is 15.8. The summed E-state index contributed by atoms with van der Waals surface area (Å²) in [6.45, 7) is 0.232. The van der Waals surface area contributed by atoms with E-state index in [1.807, 2.05) is 36.4 Å². The average Bonchev–Trinajstić information content (AvgIpc) is 2.99. The molecule has 3 aromatic rings. The molecule has 0 fully saturated rings. The number of carbonyl (C=O) groups excluding carboxylic acids is 1. The first-order chi connectivity index (χ1) is 20.4. The molecule has 10 nitrogen and oxygen atoms in total. The van der Waals surface area contributed by atoms with E-state index in [0.717, 1.165) is 30.7 Å². The van der Waals surface area contributed by atoms with Gasteiger partial charge in [-0.05, 0) is 72.7 Å². The number of amides is 1. The minimum Gasteiger partial charge on any atom is -0.497 e. The Balaban J connectivity index is 1.42. The number of benzene rings is 3. The molecule has 0 aliphatic carbocycles. The second-order valence-electron chi connectivity index (χ2n) is 9.90. The Morgan fingerprint density at radius 2 is 1.52 bits per heavy atom. The molecule has 0 aromatic heterocycles. The molecule has 0 saturated carbocycles. The standard InChI is InChI=1S/C32H40N2O8/c1-40-27-16-14-26(15-17-27)33-18-7-8-20-41-29(30(32(38)39)42-22-28(35)36)31(37)34-19-6-2-3-9-23-12-13-24-10-4-5-11-25(24)21-23/h4-5,10-17,21,29-30,33H,2-3,6-9,18-20,22H2,1H3,(H,34,37)(H,35,36)(H,38,39). The van der Waals surface area contributed by atoms with Crippen molar-refractivity contribution in [2.24, 2.45) is 0 Å². The second-order valence-corrected chi connectivity index (χ2v) is 9.90. The van der Waals surface area contributed by atoms with Crippen LogP contribution in [0, 0.1) is 0 Å². The van der Waals surface area contributed by atoms with Crippen molar-refractivity contribution in [3.63, 3.8) is 0 Å². The smallest absolute Gasteiger partial charge is 0.336 e. The molecule has 2 unspecified atom stereocenters. The van der Waals surface area contributed by atoms with Crippen LogP contribution >= 0.6 is 0 Å². The molecule has 0 radical (unpaired) electrons. The zero-order chi connectivity index (χ0) is 30.2. The first-order valence-electron chi connectivity index (χ1n) is 14.2. The number of hydrogen-bond donors (Lipinski definition) is 4. The normalized spacial score (nSPS) is 12.4. The van der Waals surface area contributed by atoms with Crippen molar-refractivity contribution in [1.29, 1.82) is 0 Å². The van der Waals surface area contributed by atoms with Crippen LogP contribution in [0.5, 0.6) is 5.75 Å². The van der Waals surface area contributed by atoms with E-state index in [9.17, 15) is 19.5 Å². The van der Waals surface area contributed by atoms with Crippen molar-refractivity contribution in [1.82, 2.24) is 5.32 Å². The first kappa shape index (κ1) is 32.4. The number of unbranched alkanes of at least 4 members (excludes halogenated alkanes) is 3. The van der Waals surface area contributed by atoms with E-state index in [0.29, 0.717) is 32.4 Å². The van der Waals surface area contributed by atoms with Crippen LogP contribution in [-0.2, 0) is 30.3 Å². The lowest BCUT2D eigenvalue weighted by Gasteiger charge is -2.23. The van der Waals surface area contributed by atoms with Gasteiger partial charge in [-0.1, -0.05) is 48.9 Å². The third-order valence-corrected chi connectivity index (χ3v) is 6.71. The summed E-state index contributed by atoms with van der Waals surface area (Å²) in [7, 11) is 1.60. The van der Waals surface area contributed by atoms with Crippen molar-refractivity contribution in [2.75, 3.05) is 38.7 Å². The molecule has 0 saturated heterocycles. The predicted octanol–water partition coefficient (Wildman–Crippen LogP) is 4.51. The quantitative estimate of drug-likeness (QED) is 0.142. The first-order valence-corrected chi connectivity index (χ1v) is 14.2. The Kier molecular flexibility index (Phi) is 13.6. The van der Waals surface area contributed by atoms with Crippen molar-refractivity contribution in [2.45, 2.75) is 50.7 Å². The lowest BCUT2D eigenvalue weighted by atomic mass is 10.0. The van der Waals surface area contributed by atoms with E-state index in [4.69, 9.17) is 19.3 Å². The molecule has 3 rings (SSSR count). The summed E-state index contributed by atoms with van der Waals surface area (Å²) in [4.78, 5) is 35.7. The molecule has 4 N–H and O–H groups in total. The fourth-order valence-electron chi connectivity index (χ4n) is 4.47. The Bertz CT molecular complexity index is 1280. The van der Waals surface area contributed by atoms with Gasteiger partial charge in [0.2, 0.25) is 0 Å². The van der Waals surface area contributed by atoms with Gasteiger partial charge in [-0.3, -0.25) is 4.79 Å². The van der Waals surface area contributed by atoms with Gasteiger partial charge in [-0.2, -0.15) is 0 Å². The number of fused-ring (bicyclic) bond motifs is 1. The molecule has 0 heterocycles. The van der Waals surface area contributed by atoms with Gasteiger partial charge in [-0.15, -0.1) is 0 Å². The number of nitrogens with one attached hydrogen (secondary N) is 2. The van der Waals surface area contributed by atoms with Gasteiger partial charge in [0, 0.05) is 25.4 Å². The SMILES string of the molecule is COc1ccc(NCCCCOC(C(=O)NCCCCCc2ccc3ccccc3c2)C(OCC(=O)O)C(=O)O)cc1. The van der Waals surface area contributed by atoms with Crippen LogP contribution < -0.4 is 15.4 Å². The second kappa shape index (κ2) is 17.6. The highest BCUT2D eigenvalue weighted by molar-refractivity contribution is 5.88. The lowest BCUT2D eigenvalue weighted by molar-refractivity contribution is -0.172. The molecule has 2 atom stereocenters. The summed E-state index contributed by atoms with van der Waals surface area (Å²) in [5.41, 5.74) is 2.18. The minimum absolute atomic E-state index is 0.106. The van der Waals surface area contributed by atoms with Crippen LogP contribution in [-0.4, -0.2) is 73.7 Å². The van der Waals surface area contributed by atoms with Crippen LogP contribution in [0.2, 0.25) is 0 Å². The van der Waals surface area contributed by atoms with E-state index >= 15 is 0 Å². The van der Waals surface area contributed by atoms with Crippen molar-refractivity contribution in [3.05, 3.63) is 72.3 Å². The average molecular weight is 581 g/mol. The zero-order valence-electron chi connectivity index (χ0n) is 23.9. The van der Waals surface area contributed by atoms with Gasteiger partial charge in [0.1, 0.15) is 12.4 Å². The monoisotopic (exact) mass is 580 g/mol. The Labute approximate surface area is 246 Å². The Morgan fingerprint density at radius 3 is 2.24 bits per heavy atom. The number of methoxy groups -OCH3 is 1. The zero-order valence-corrected chi connectivity index (χ0v) is 23.9. The number of carboxylic acids is 2. The van der Waals surface area contributed by atoms with E-state index in [-0.39, 0.29) is 6.61 Å². The van der Waals surface area contributed by atoms with Gasteiger partial charge in [0.05, 0.1) is 7.11 Å². The highest BCUT2D eigenvalue weighted by atomic mass is 16.6. The van der Waals surface area contributed by atoms with Crippen molar-refractivity contribution in [3.8, 4) is 5.75 Å².